The van der Waals surface area contributed by atoms with Crippen molar-refractivity contribution in [2.75, 3.05) is 24.3 Å². The van der Waals surface area contributed by atoms with Crippen LogP contribution in [0.1, 0.15) is 0 Å². The smallest absolute Gasteiger partial charge is 0.149 e. The van der Waals surface area contributed by atoms with Crippen LogP contribution in [0.3, 0.4) is 0 Å². The molecule has 0 aliphatic rings. The lowest BCUT2D eigenvalue weighted by atomic mass is 10.0. The molecule has 0 aromatic heterocycles. The highest BCUT2D eigenvalue weighted by molar-refractivity contribution is 6.05. The molecule has 3 aromatic carbocycles. The van der Waals surface area contributed by atoms with E-state index in [1.54, 1.807) is 55.6 Å². The maximum absolute atomic E-state index is 10.7. The van der Waals surface area contributed by atoms with Crippen LogP contribution >= 0.6 is 0 Å². The van der Waals surface area contributed by atoms with Crippen LogP contribution in [0.4, 0.5) is 17.1 Å². The number of methoxy groups -OCH3 is 1. The fraction of sp³-hybridized carbons (Fsp3) is 0.105. The van der Waals surface area contributed by atoms with E-state index in [0.717, 1.165) is 0 Å². The molecule has 0 unspecified atom stereocenters. The van der Waals surface area contributed by atoms with Gasteiger partial charge in [-0.05, 0) is 24.3 Å². The Labute approximate surface area is 144 Å². The van der Waals surface area contributed by atoms with Crippen LogP contribution in [0.25, 0.3) is 10.8 Å². The molecule has 3 rings (SSSR count). The summed E-state index contributed by atoms with van der Waals surface area (Å²) in [7, 11) is 1.58. The average Bonchev–Trinajstić information content (AvgIpc) is 2.66. The van der Waals surface area contributed by atoms with Crippen molar-refractivity contribution in [1.82, 2.24) is 0 Å². The van der Waals surface area contributed by atoms with Crippen molar-refractivity contribution in [1.29, 1.82) is 0 Å². The Hall–Kier alpha value is -3.41. The predicted octanol–water partition coefficient (Wildman–Crippen LogP) is 3.61. The van der Waals surface area contributed by atoms with Gasteiger partial charge in [0.1, 0.15) is 34.9 Å². The highest BCUT2D eigenvalue weighted by Crippen LogP contribution is 2.47. The average molecular weight is 338 g/mol. The number of aromatic hydroxyl groups is 2. The Morgan fingerprint density at radius 1 is 0.960 bits per heavy atom. The molecule has 0 bridgehead atoms. The van der Waals surface area contributed by atoms with E-state index < -0.39 is 0 Å². The quantitative estimate of drug-likeness (QED) is 0.312. The van der Waals surface area contributed by atoms with Crippen LogP contribution in [-0.2, 0) is 4.79 Å². The number of phenolic OH excluding ortho intramolecular Hbond substituents is 2. The monoisotopic (exact) mass is 338 g/mol. The van der Waals surface area contributed by atoms with Gasteiger partial charge in [0.2, 0.25) is 0 Å². The molecule has 3 aromatic rings. The lowest BCUT2D eigenvalue weighted by Crippen LogP contribution is -2.06. The molecule has 0 amide bonds. The molecule has 0 saturated carbocycles. The fourth-order valence-corrected chi connectivity index (χ4v) is 2.66. The molecular weight excluding hydrogens is 320 g/mol. The summed E-state index contributed by atoms with van der Waals surface area (Å²) >= 11 is 0. The summed E-state index contributed by atoms with van der Waals surface area (Å²) in [6.45, 7) is 0.00261. The van der Waals surface area contributed by atoms with E-state index in [1.807, 2.05) is 0 Å². The standard InChI is InChI=1S/C19H18N2O4/c1-25-13-8-6-12(7-9-13)21-17-16(20-10-11-22)18(23)14-4-2-3-5-15(14)19(17)24/h2-9,11,20-21,23-24H,10H2,1H3. The summed E-state index contributed by atoms with van der Waals surface area (Å²) in [6, 6.07) is 14.1. The number of benzene rings is 3. The Bertz CT molecular complexity index is 907. The molecule has 0 atom stereocenters. The summed E-state index contributed by atoms with van der Waals surface area (Å²) in [5.74, 6) is 0.652. The van der Waals surface area contributed by atoms with Gasteiger partial charge in [-0.3, -0.25) is 0 Å². The molecule has 0 saturated heterocycles. The molecule has 6 heteroatoms. The second kappa shape index (κ2) is 7.00. The Morgan fingerprint density at radius 3 is 2.12 bits per heavy atom. The van der Waals surface area contributed by atoms with Crippen molar-refractivity contribution >= 4 is 34.1 Å². The molecule has 0 aliphatic heterocycles. The molecule has 25 heavy (non-hydrogen) atoms. The number of carbonyl (C=O) groups is 1. The van der Waals surface area contributed by atoms with Crippen LogP contribution < -0.4 is 15.4 Å². The summed E-state index contributed by atoms with van der Waals surface area (Å²) in [5, 5.41) is 28.2. The number of phenols is 2. The van der Waals surface area contributed by atoms with E-state index in [0.29, 0.717) is 34.2 Å². The first-order chi connectivity index (χ1) is 12.2. The maximum atomic E-state index is 10.7. The first-order valence-corrected chi connectivity index (χ1v) is 7.71. The van der Waals surface area contributed by atoms with E-state index >= 15 is 0 Å². The van der Waals surface area contributed by atoms with E-state index in [-0.39, 0.29) is 23.7 Å². The van der Waals surface area contributed by atoms with Crippen LogP contribution in [-0.4, -0.2) is 30.2 Å². The highest BCUT2D eigenvalue weighted by Gasteiger charge is 2.18. The summed E-state index contributed by atoms with van der Waals surface area (Å²) < 4.78 is 5.13. The van der Waals surface area contributed by atoms with Gasteiger partial charge in [-0.15, -0.1) is 0 Å². The molecule has 128 valence electrons. The van der Waals surface area contributed by atoms with Gasteiger partial charge in [0, 0.05) is 16.5 Å². The molecule has 0 spiro atoms. The number of rotatable bonds is 6. The van der Waals surface area contributed by atoms with Gasteiger partial charge in [0.05, 0.1) is 13.7 Å². The Balaban J connectivity index is 2.13. The molecule has 0 fully saturated rings. The third-order valence-corrected chi connectivity index (χ3v) is 3.88. The van der Waals surface area contributed by atoms with Crippen LogP contribution in [0.2, 0.25) is 0 Å². The molecular formula is C19H18N2O4. The predicted molar refractivity (Wildman–Crippen MR) is 98.1 cm³/mol. The molecule has 0 aliphatic carbocycles. The molecule has 0 heterocycles. The molecule has 4 N–H and O–H groups in total. The lowest BCUT2D eigenvalue weighted by molar-refractivity contribution is -0.106. The minimum atomic E-state index is -0.0359. The first kappa shape index (κ1) is 16.4. The fourth-order valence-electron chi connectivity index (χ4n) is 2.66. The van der Waals surface area contributed by atoms with Gasteiger partial charge in [0.25, 0.3) is 0 Å². The van der Waals surface area contributed by atoms with Gasteiger partial charge >= 0.3 is 0 Å². The van der Waals surface area contributed by atoms with Gasteiger partial charge < -0.3 is 30.4 Å². The number of hydrogen-bond acceptors (Lipinski definition) is 6. The van der Waals surface area contributed by atoms with Crippen molar-refractivity contribution in [2.45, 2.75) is 0 Å². The Kier molecular flexibility index (Phi) is 4.61. The van der Waals surface area contributed by atoms with Crippen LogP contribution in [0.5, 0.6) is 17.2 Å². The van der Waals surface area contributed by atoms with Crippen molar-refractivity contribution in [2.24, 2.45) is 0 Å². The number of aldehydes is 1. The number of fused-ring (bicyclic) bond motifs is 1. The number of anilines is 3. The highest BCUT2D eigenvalue weighted by atomic mass is 16.5. The molecule has 6 nitrogen and oxygen atoms in total. The van der Waals surface area contributed by atoms with Gasteiger partial charge in [-0.2, -0.15) is 0 Å². The summed E-state index contributed by atoms with van der Waals surface area (Å²) in [5.41, 5.74) is 1.25. The van der Waals surface area contributed by atoms with Crippen molar-refractivity contribution < 1.29 is 19.7 Å². The summed E-state index contributed by atoms with van der Waals surface area (Å²) in [6.07, 6.45) is 0.683. The normalized spacial score (nSPS) is 10.4. The van der Waals surface area contributed by atoms with Crippen LogP contribution in [0.15, 0.2) is 48.5 Å². The zero-order chi connectivity index (χ0) is 17.8. The van der Waals surface area contributed by atoms with Crippen molar-refractivity contribution in [3.8, 4) is 17.2 Å². The Morgan fingerprint density at radius 2 is 1.56 bits per heavy atom. The maximum Gasteiger partial charge on any atom is 0.149 e. The third-order valence-electron chi connectivity index (χ3n) is 3.88. The molecule has 0 radical (unpaired) electrons. The van der Waals surface area contributed by atoms with Gasteiger partial charge in [0.15, 0.2) is 0 Å². The number of carbonyl (C=O) groups excluding carboxylic acids is 1. The SMILES string of the molecule is COc1ccc(Nc2c(NCC=O)c(O)c3ccccc3c2O)cc1. The minimum Gasteiger partial charge on any atom is -0.505 e. The van der Waals surface area contributed by atoms with Crippen molar-refractivity contribution in [3.63, 3.8) is 0 Å². The van der Waals surface area contributed by atoms with E-state index in [1.165, 1.54) is 0 Å². The summed E-state index contributed by atoms with van der Waals surface area (Å²) in [4.78, 5) is 10.7. The largest absolute Gasteiger partial charge is 0.505 e. The van der Waals surface area contributed by atoms with Gasteiger partial charge in [-0.1, -0.05) is 24.3 Å². The second-order valence-electron chi connectivity index (χ2n) is 5.39. The van der Waals surface area contributed by atoms with Crippen molar-refractivity contribution in [3.05, 3.63) is 48.5 Å². The lowest BCUT2D eigenvalue weighted by Gasteiger charge is -2.18. The number of nitrogens with one attached hydrogen (secondary N) is 2. The minimum absolute atomic E-state index is 0.00261. The first-order valence-electron chi connectivity index (χ1n) is 7.71. The number of hydrogen-bond donors (Lipinski definition) is 4. The zero-order valence-corrected chi connectivity index (χ0v) is 13.6. The number of ether oxygens (including phenoxy) is 1. The second-order valence-corrected chi connectivity index (χ2v) is 5.39. The van der Waals surface area contributed by atoms with E-state index in [9.17, 15) is 15.0 Å². The third kappa shape index (κ3) is 3.14. The zero-order valence-electron chi connectivity index (χ0n) is 13.6. The van der Waals surface area contributed by atoms with E-state index in [2.05, 4.69) is 10.6 Å². The van der Waals surface area contributed by atoms with E-state index in [4.69, 9.17) is 4.74 Å². The van der Waals surface area contributed by atoms with Crippen LogP contribution in [0, 0.1) is 0 Å². The topological polar surface area (TPSA) is 90.8 Å². The van der Waals surface area contributed by atoms with Gasteiger partial charge in [-0.25, -0.2) is 0 Å².